The number of thioether (sulfide) groups is 1. The number of hydrogen-bond acceptors (Lipinski definition) is 4. The van der Waals surface area contributed by atoms with Gasteiger partial charge in [-0.15, -0.1) is 0 Å². The van der Waals surface area contributed by atoms with Gasteiger partial charge in [-0.3, -0.25) is 9.36 Å². The topological polar surface area (TPSA) is 41.4 Å². The van der Waals surface area contributed by atoms with Crippen molar-refractivity contribution in [3.63, 3.8) is 0 Å². The van der Waals surface area contributed by atoms with Crippen molar-refractivity contribution in [2.75, 3.05) is 37.3 Å². The average Bonchev–Trinajstić information content (AvgIpc) is 3.18. The number of halogens is 2. The first-order valence-electron chi connectivity index (χ1n) is 9.24. The van der Waals surface area contributed by atoms with Gasteiger partial charge in [0.25, 0.3) is 5.91 Å². The zero-order chi connectivity index (χ0) is 20.4. The van der Waals surface area contributed by atoms with Crippen molar-refractivity contribution < 1.29 is 13.6 Å². The largest absolute Gasteiger partial charge is 0.368 e. The van der Waals surface area contributed by atoms with Crippen LogP contribution < -0.4 is 4.90 Å². The van der Waals surface area contributed by atoms with Gasteiger partial charge in [0.2, 0.25) is 0 Å². The molecule has 2 aromatic carbocycles. The van der Waals surface area contributed by atoms with Gasteiger partial charge in [0, 0.05) is 37.6 Å². The molecule has 0 spiro atoms. The number of benzene rings is 2. The Balaban J connectivity index is 1.53. The maximum Gasteiger partial charge on any atom is 0.272 e. The summed E-state index contributed by atoms with van der Waals surface area (Å²) in [7, 11) is 0. The van der Waals surface area contributed by atoms with Crippen molar-refractivity contribution in [3.05, 3.63) is 72.1 Å². The summed E-state index contributed by atoms with van der Waals surface area (Å²) in [5.74, 6) is -0.702. The maximum atomic E-state index is 13.3. The van der Waals surface area contributed by atoms with E-state index in [1.54, 1.807) is 39.9 Å². The van der Waals surface area contributed by atoms with Gasteiger partial charge in [0.05, 0.1) is 6.20 Å². The van der Waals surface area contributed by atoms with Crippen LogP contribution in [-0.4, -0.2) is 52.8 Å². The summed E-state index contributed by atoms with van der Waals surface area (Å²) in [6.07, 6.45) is 3.46. The summed E-state index contributed by atoms with van der Waals surface area (Å²) < 4.78 is 28.2. The first kappa shape index (κ1) is 19.4. The van der Waals surface area contributed by atoms with Crippen LogP contribution in [-0.2, 0) is 0 Å². The van der Waals surface area contributed by atoms with Gasteiger partial charge in [-0.2, -0.15) is 0 Å². The molecular weight excluding hydrogens is 394 g/mol. The highest BCUT2D eigenvalue weighted by atomic mass is 32.2. The normalized spacial score (nSPS) is 14.3. The minimum Gasteiger partial charge on any atom is -0.368 e. The Hall–Kier alpha value is -2.87. The molecule has 0 unspecified atom stereocenters. The van der Waals surface area contributed by atoms with E-state index in [9.17, 15) is 13.6 Å². The molecule has 1 aromatic heterocycles. The Morgan fingerprint density at radius 3 is 2.00 bits per heavy atom. The van der Waals surface area contributed by atoms with Crippen LogP contribution in [0.25, 0.3) is 5.69 Å². The van der Waals surface area contributed by atoms with E-state index in [4.69, 9.17) is 0 Å². The molecule has 1 aliphatic rings. The zero-order valence-corrected chi connectivity index (χ0v) is 16.7. The number of carbonyl (C=O) groups is 1. The van der Waals surface area contributed by atoms with E-state index in [1.807, 2.05) is 6.26 Å². The summed E-state index contributed by atoms with van der Waals surface area (Å²) >= 11 is 1.43. The van der Waals surface area contributed by atoms with Crippen molar-refractivity contribution in [2.24, 2.45) is 0 Å². The van der Waals surface area contributed by atoms with Gasteiger partial charge < -0.3 is 9.80 Å². The number of imidazole rings is 1. The third-order valence-electron chi connectivity index (χ3n) is 4.97. The number of rotatable bonds is 4. The highest BCUT2D eigenvalue weighted by molar-refractivity contribution is 7.98. The molecule has 5 nitrogen and oxygen atoms in total. The van der Waals surface area contributed by atoms with Gasteiger partial charge in [-0.1, -0.05) is 11.8 Å². The van der Waals surface area contributed by atoms with Crippen LogP contribution >= 0.6 is 11.8 Å². The lowest BCUT2D eigenvalue weighted by Crippen LogP contribution is -2.49. The molecule has 0 saturated carbocycles. The van der Waals surface area contributed by atoms with Crippen LogP contribution in [0.3, 0.4) is 0 Å². The Morgan fingerprint density at radius 2 is 1.45 bits per heavy atom. The van der Waals surface area contributed by atoms with Gasteiger partial charge in [-0.25, -0.2) is 13.8 Å². The summed E-state index contributed by atoms with van der Waals surface area (Å²) in [4.78, 5) is 21.5. The molecule has 1 saturated heterocycles. The summed E-state index contributed by atoms with van der Waals surface area (Å²) in [5, 5.41) is 0.671. The van der Waals surface area contributed by atoms with Gasteiger partial charge in [0.15, 0.2) is 5.16 Å². The summed E-state index contributed by atoms with van der Waals surface area (Å²) in [5.41, 5.74) is 2.09. The molecule has 3 aromatic rings. The predicted octanol–water partition coefficient (Wildman–Crippen LogP) is 3.83. The molecule has 29 heavy (non-hydrogen) atoms. The molecule has 8 heteroatoms. The smallest absolute Gasteiger partial charge is 0.272 e. The Bertz CT molecular complexity index is 997. The van der Waals surface area contributed by atoms with Crippen LogP contribution in [0.4, 0.5) is 14.5 Å². The SMILES string of the molecule is CSc1ncc(C(=O)N2CCN(c3ccc(F)cc3)CC2)n1-c1ccc(F)cc1. The lowest BCUT2D eigenvalue weighted by atomic mass is 10.2. The number of amides is 1. The van der Waals surface area contributed by atoms with E-state index in [1.165, 1.54) is 36.0 Å². The molecule has 150 valence electrons. The van der Waals surface area contributed by atoms with Crippen LogP contribution in [0.5, 0.6) is 0 Å². The number of hydrogen-bond donors (Lipinski definition) is 0. The third kappa shape index (κ3) is 3.98. The van der Waals surface area contributed by atoms with E-state index in [0.717, 1.165) is 5.69 Å². The van der Waals surface area contributed by atoms with Crippen LogP contribution in [0, 0.1) is 11.6 Å². The van der Waals surface area contributed by atoms with E-state index in [0.29, 0.717) is 42.7 Å². The fourth-order valence-electron chi connectivity index (χ4n) is 3.45. The average molecular weight is 414 g/mol. The second kappa shape index (κ2) is 8.24. The first-order chi connectivity index (χ1) is 14.1. The number of carbonyl (C=O) groups excluding carboxylic acids is 1. The van der Waals surface area contributed by atoms with E-state index in [2.05, 4.69) is 9.88 Å². The number of aromatic nitrogens is 2. The van der Waals surface area contributed by atoms with Crippen molar-refractivity contribution >= 4 is 23.4 Å². The quantitative estimate of drug-likeness (QED) is 0.609. The molecule has 4 rings (SSSR count). The lowest BCUT2D eigenvalue weighted by Gasteiger charge is -2.36. The van der Waals surface area contributed by atoms with Gasteiger partial charge in [-0.05, 0) is 54.8 Å². The van der Waals surface area contributed by atoms with E-state index < -0.39 is 0 Å². The summed E-state index contributed by atoms with van der Waals surface area (Å²) in [6, 6.07) is 12.4. The highest BCUT2D eigenvalue weighted by Gasteiger charge is 2.26. The second-order valence-electron chi connectivity index (χ2n) is 6.70. The first-order valence-corrected chi connectivity index (χ1v) is 10.5. The van der Waals surface area contributed by atoms with E-state index in [-0.39, 0.29) is 17.5 Å². The van der Waals surface area contributed by atoms with Crippen LogP contribution in [0.2, 0.25) is 0 Å². The van der Waals surface area contributed by atoms with Crippen LogP contribution in [0.1, 0.15) is 10.5 Å². The second-order valence-corrected chi connectivity index (χ2v) is 7.47. The molecular formula is C21H20F2N4OS. The fraction of sp³-hybridized carbons (Fsp3) is 0.238. The standard InChI is InChI=1S/C21H20F2N4OS/c1-29-21-24-14-19(27(21)18-8-4-16(23)5-9-18)20(28)26-12-10-25(11-13-26)17-6-2-15(22)3-7-17/h2-9,14H,10-13H2,1H3. The highest BCUT2D eigenvalue weighted by Crippen LogP contribution is 2.24. The molecule has 2 heterocycles. The third-order valence-corrected chi connectivity index (χ3v) is 5.63. The Labute approximate surface area is 172 Å². The predicted molar refractivity (Wildman–Crippen MR) is 110 cm³/mol. The minimum atomic E-state index is -0.329. The van der Waals surface area contributed by atoms with Crippen molar-refractivity contribution in [1.29, 1.82) is 0 Å². The van der Waals surface area contributed by atoms with Crippen molar-refractivity contribution in [3.8, 4) is 5.69 Å². The fourth-order valence-corrected chi connectivity index (χ4v) is 4.00. The van der Waals surface area contributed by atoms with Crippen LogP contribution in [0.15, 0.2) is 59.9 Å². The molecule has 0 radical (unpaired) electrons. The van der Waals surface area contributed by atoms with Crippen molar-refractivity contribution in [2.45, 2.75) is 5.16 Å². The minimum absolute atomic E-state index is 0.110. The zero-order valence-electron chi connectivity index (χ0n) is 15.9. The number of piperazine rings is 1. The molecule has 0 bridgehead atoms. The molecule has 0 atom stereocenters. The van der Waals surface area contributed by atoms with Gasteiger partial charge >= 0.3 is 0 Å². The molecule has 0 aliphatic carbocycles. The molecule has 0 N–H and O–H groups in total. The molecule has 1 fully saturated rings. The summed E-state index contributed by atoms with van der Waals surface area (Å²) in [6.45, 7) is 2.44. The monoisotopic (exact) mass is 414 g/mol. The Kier molecular flexibility index (Phi) is 5.53. The number of nitrogens with zero attached hydrogens (tertiary/aromatic N) is 4. The number of anilines is 1. The van der Waals surface area contributed by atoms with E-state index >= 15 is 0 Å². The lowest BCUT2D eigenvalue weighted by molar-refractivity contribution is 0.0738. The Morgan fingerprint density at radius 1 is 0.897 bits per heavy atom. The molecule has 1 amide bonds. The maximum absolute atomic E-state index is 13.3. The molecule has 1 aliphatic heterocycles. The van der Waals surface area contributed by atoms with Gasteiger partial charge in [0.1, 0.15) is 17.3 Å². The van der Waals surface area contributed by atoms with Crippen molar-refractivity contribution in [1.82, 2.24) is 14.5 Å².